The number of benzene rings is 4. The zero-order chi connectivity index (χ0) is 24.2. The topological polar surface area (TPSA) is 6.48 Å². The molecule has 4 aromatic carbocycles. The highest BCUT2D eigenvalue weighted by Crippen LogP contribution is 2.61. The highest BCUT2D eigenvalue weighted by atomic mass is 35.5. The molecule has 4 heteroatoms. The number of para-hydroxylation sites is 3. The molecule has 3 aliphatic heterocycles. The number of rotatable bonds is 1. The molecule has 0 saturated heterocycles. The molecular formula is C32H28BClN2. The van der Waals surface area contributed by atoms with Crippen molar-refractivity contribution in [2.45, 2.75) is 50.5 Å². The zero-order valence-corrected chi connectivity index (χ0v) is 21.5. The van der Waals surface area contributed by atoms with Crippen LogP contribution in [0.25, 0.3) is 0 Å². The smallest absolute Gasteiger partial charge is 0.252 e. The minimum absolute atomic E-state index is 0.0294. The highest BCUT2D eigenvalue weighted by Gasteiger charge is 2.61. The van der Waals surface area contributed by atoms with Gasteiger partial charge in [-0.2, -0.15) is 0 Å². The molecule has 0 aromatic heterocycles. The van der Waals surface area contributed by atoms with Gasteiger partial charge < -0.3 is 9.80 Å². The van der Waals surface area contributed by atoms with Gasteiger partial charge in [0, 0.05) is 38.9 Å². The van der Waals surface area contributed by atoms with Crippen LogP contribution in [0.15, 0.2) is 84.9 Å². The van der Waals surface area contributed by atoms with Crippen molar-refractivity contribution >= 4 is 63.1 Å². The third kappa shape index (κ3) is 2.36. The van der Waals surface area contributed by atoms with Gasteiger partial charge in [-0.3, -0.25) is 0 Å². The summed E-state index contributed by atoms with van der Waals surface area (Å²) >= 11 is 6.98. The van der Waals surface area contributed by atoms with Crippen LogP contribution in [0.3, 0.4) is 0 Å². The Hall–Kier alpha value is -3.17. The number of nitrogens with zero attached hydrogens (tertiary/aromatic N) is 2. The van der Waals surface area contributed by atoms with Crippen LogP contribution in [0, 0.1) is 0 Å². The van der Waals surface area contributed by atoms with E-state index in [1.165, 1.54) is 76.1 Å². The molecule has 36 heavy (non-hydrogen) atoms. The Morgan fingerprint density at radius 3 is 2.33 bits per heavy atom. The molecule has 0 radical (unpaired) electrons. The van der Waals surface area contributed by atoms with Crippen LogP contribution in [-0.4, -0.2) is 12.3 Å². The van der Waals surface area contributed by atoms with Gasteiger partial charge in [0.05, 0.1) is 5.54 Å². The molecule has 2 atom stereocenters. The molecule has 0 N–H and O–H groups in total. The molecule has 1 saturated carbocycles. The van der Waals surface area contributed by atoms with Crippen molar-refractivity contribution in [2.24, 2.45) is 0 Å². The minimum Gasteiger partial charge on any atom is -0.335 e. The first-order valence-electron chi connectivity index (χ1n) is 13.2. The van der Waals surface area contributed by atoms with Crippen LogP contribution >= 0.6 is 11.6 Å². The maximum atomic E-state index is 6.98. The van der Waals surface area contributed by atoms with Gasteiger partial charge in [0.15, 0.2) is 0 Å². The first kappa shape index (κ1) is 21.0. The van der Waals surface area contributed by atoms with Crippen molar-refractivity contribution in [3.8, 4) is 0 Å². The summed E-state index contributed by atoms with van der Waals surface area (Å²) < 4.78 is 0. The Morgan fingerprint density at radius 2 is 1.47 bits per heavy atom. The first-order chi connectivity index (χ1) is 17.5. The van der Waals surface area contributed by atoms with E-state index in [2.05, 4.69) is 109 Å². The fourth-order valence-electron chi connectivity index (χ4n) is 8.05. The second-order valence-electron chi connectivity index (χ2n) is 11.4. The van der Waals surface area contributed by atoms with Crippen LogP contribution in [0.5, 0.6) is 0 Å². The number of hydrogen-bond acceptors (Lipinski definition) is 2. The molecule has 3 heterocycles. The van der Waals surface area contributed by atoms with Gasteiger partial charge in [0.25, 0.3) is 6.71 Å². The number of hydrogen-bond donors (Lipinski definition) is 0. The summed E-state index contributed by atoms with van der Waals surface area (Å²) in [4.78, 5) is 5.14. The van der Waals surface area contributed by atoms with Crippen molar-refractivity contribution in [1.82, 2.24) is 0 Å². The molecule has 176 valence electrons. The van der Waals surface area contributed by atoms with E-state index in [1.807, 2.05) is 0 Å². The maximum Gasteiger partial charge on any atom is 0.252 e. The van der Waals surface area contributed by atoms with Gasteiger partial charge in [-0.1, -0.05) is 86.0 Å². The van der Waals surface area contributed by atoms with E-state index in [0.29, 0.717) is 0 Å². The Morgan fingerprint density at radius 1 is 0.750 bits per heavy atom. The maximum absolute atomic E-state index is 6.98. The van der Waals surface area contributed by atoms with Gasteiger partial charge in [-0.25, -0.2) is 0 Å². The van der Waals surface area contributed by atoms with E-state index in [1.54, 1.807) is 0 Å². The normalized spacial score (nSPS) is 24.7. The van der Waals surface area contributed by atoms with Crippen LogP contribution < -0.4 is 26.2 Å². The largest absolute Gasteiger partial charge is 0.335 e. The standard InChI is InChI=1S/C32H28BClN2/c1-31-17-8-9-18-32(31,2)36-28-20-21(34)19-27-29(28)33(25-15-10-13-23(31)30(25)36)24-14-6-7-16-26(24)35(27)22-11-4-3-5-12-22/h3-7,10-16,19-20H,8-9,17-18H2,1-2H3. The molecular weight excluding hydrogens is 459 g/mol. The second-order valence-corrected chi connectivity index (χ2v) is 11.8. The van der Waals surface area contributed by atoms with Crippen molar-refractivity contribution < 1.29 is 0 Å². The zero-order valence-electron chi connectivity index (χ0n) is 20.8. The predicted octanol–water partition coefficient (Wildman–Crippen LogP) is 6.69. The molecule has 0 amide bonds. The van der Waals surface area contributed by atoms with Crippen LogP contribution in [0.1, 0.15) is 45.1 Å². The van der Waals surface area contributed by atoms with Gasteiger partial charge in [-0.05, 0) is 72.0 Å². The van der Waals surface area contributed by atoms with Gasteiger partial charge in [0.1, 0.15) is 0 Å². The Balaban J connectivity index is 1.51. The fourth-order valence-corrected chi connectivity index (χ4v) is 8.26. The minimum atomic E-state index is 0.0294. The molecule has 2 nitrogen and oxygen atoms in total. The lowest BCUT2D eigenvalue weighted by Crippen LogP contribution is -2.64. The third-order valence-corrected chi connectivity index (χ3v) is 10.1. The quantitative estimate of drug-likeness (QED) is 0.243. The van der Waals surface area contributed by atoms with Gasteiger partial charge in [-0.15, -0.1) is 0 Å². The highest BCUT2D eigenvalue weighted by molar-refractivity contribution is 7.00. The van der Waals surface area contributed by atoms with Crippen molar-refractivity contribution in [3.05, 3.63) is 95.5 Å². The van der Waals surface area contributed by atoms with Gasteiger partial charge >= 0.3 is 0 Å². The molecule has 1 fully saturated rings. The van der Waals surface area contributed by atoms with Gasteiger partial charge in [0.2, 0.25) is 0 Å². The van der Waals surface area contributed by atoms with Crippen molar-refractivity contribution in [2.75, 3.05) is 9.80 Å². The number of fused-ring (bicyclic) bond motifs is 7. The Kier molecular flexibility index (Phi) is 4.07. The number of halogens is 1. The number of anilines is 5. The Bertz CT molecular complexity index is 1570. The average molecular weight is 487 g/mol. The van der Waals surface area contributed by atoms with Crippen LogP contribution in [0.4, 0.5) is 28.4 Å². The molecule has 0 spiro atoms. The first-order valence-corrected chi connectivity index (χ1v) is 13.6. The van der Waals surface area contributed by atoms with Crippen molar-refractivity contribution in [1.29, 1.82) is 0 Å². The summed E-state index contributed by atoms with van der Waals surface area (Å²) in [5.74, 6) is 0. The Labute approximate surface area is 218 Å². The lowest BCUT2D eigenvalue weighted by molar-refractivity contribution is 0.195. The van der Waals surface area contributed by atoms with Crippen LogP contribution in [0.2, 0.25) is 5.02 Å². The lowest BCUT2D eigenvalue weighted by atomic mass is 9.33. The molecule has 1 aliphatic carbocycles. The third-order valence-electron chi connectivity index (χ3n) is 9.84. The average Bonchev–Trinajstić information content (AvgIpc) is 3.11. The summed E-state index contributed by atoms with van der Waals surface area (Å²) in [7, 11) is 0. The molecule has 4 aromatic rings. The van der Waals surface area contributed by atoms with Crippen LogP contribution in [-0.2, 0) is 5.41 Å². The molecule has 0 bridgehead atoms. The van der Waals surface area contributed by atoms with E-state index in [4.69, 9.17) is 11.6 Å². The summed E-state index contributed by atoms with van der Waals surface area (Å²) in [5, 5.41) is 0.803. The molecule has 2 unspecified atom stereocenters. The van der Waals surface area contributed by atoms with Crippen molar-refractivity contribution in [3.63, 3.8) is 0 Å². The second kappa shape index (κ2) is 6.98. The SMILES string of the molecule is CC12CCCCC1(C)N1c3cc(Cl)cc4c3B(c3ccccc3N4c3ccccc3)c3cccc2c31. The predicted molar refractivity (Wildman–Crippen MR) is 154 cm³/mol. The van der Waals surface area contributed by atoms with E-state index in [0.717, 1.165) is 5.02 Å². The monoisotopic (exact) mass is 486 g/mol. The fraction of sp³-hybridized carbons (Fsp3) is 0.250. The summed E-state index contributed by atoms with van der Waals surface area (Å²) in [5.41, 5.74) is 12.2. The van der Waals surface area contributed by atoms with E-state index < -0.39 is 0 Å². The van der Waals surface area contributed by atoms with E-state index in [9.17, 15) is 0 Å². The summed E-state index contributed by atoms with van der Waals surface area (Å²) in [6.45, 7) is 5.22. The summed E-state index contributed by atoms with van der Waals surface area (Å²) in [6.07, 6.45) is 5.00. The molecule has 4 aliphatic rings. The summed E-state index contributed by atoms with van der Waals surface area (Å²) in [6, 6.07) is 31.2. The lowest BCUT2D eigenvalue weighted by Gasteiger charge is -2.52. The molecule has 8 rings (SSSR count). The van der Waals surface area contributed by atoms with E-state index >= 15 is 0 Å². The van der Waals surface area contributed by atoms with E-state index in [-0.39, 0.29) is 17.7 Å².